The van der Waals surface area contributed by atoms with E-state index in [1.54, 1.807) is 12.1 Å². The third kappa shape index (κ3) is 3.65. The van der Waals surface area contributed by atoms with E-state index in [2.05, 4.69) is 10.6 Å². The zero-order valence-electron chi connectivity index (χ0n) is 11.3. The minimum Gasteiger partial charge on any atom is -0.322 e. The van der Waals surface area contributed by atoms with Crippen LogP contribution in [-0.2, 0) is 6.54 Å². The molecule has 0 fully saturated rings. The standard InChI is InChI=1S/C16H17FN2O/c1-2-18-11-12-7-9-13(10-8-12)19-16(20)14-5-3-4-6-15(14)17/h3-10,18H,2,11H2,1H3,(H,19,20). The van der Waals surface area contributed by atoms with Gasteiger partial charge in [0.25, 0.3) is 5.91 Å². The van der Waals surface area contributed by atoms with E-state index in [1.165, 1.54) is 12.1 Å². The van der Waals surface area contributed by atoms with Gasteiger partial charge in [0.1, 0.15) is 5.82 Å². The Morgan fingerprint density at radius 2 is 1.80 bits per heavy atom. The highest BCUT2D eigenvalue weighted by Crippen LogP contribution is 2.13. The van der Waals surface area contributed by atoms with Gasteiger partial charge in [0.05, 0.1) is 5.56 Å². The average Bonchev–Trinajstić information content (AvgIpc) is 2.47. The van der Waals surface area contributed by atoms with Crippen molar-refractivity contribution >= 4 is 11.6 Å². The van der Waals surface area contributed by atoms with Gasteiger partial charge in [-0.3, -0.25) is 4.79 Å². The van der Waals surface area contributed by atoms with Crippen LogP contribution < -0.4 is 10.6 Å². The normalized spacial score (nSPS) is 10.3. The minimum absolute atomic E-state index is 0.0456. The van der Waals surface area contributed by atoms with Crippen molar-refractivity contribution in [1.29, 1.82) is 0 Å². The van der Waals surface area contributed by atoms with Crippen molar-refractivity contribution in [3.05, 3.63) is 65.5 Å². The lowest BCUT2D eigenvalue weighted by molar-refractivity contribution is 0.102. The molecule has 0 aliphatic heterocycles. The molecular weight excluding hydrogens is 255 g/mol. The fourth-order valence-corrected chi connectivity index (χ4v) is 1.82. The number of nitrogens with one attached hydrogen (secondary N) is 2. The molecule has 0 heterocycles. The number of rotatable bonds is 5. The van der Waals surface area contributed by atoms with Gasteiger partial charge in [0.2, 0.25) is 0 Å². The molecule has 0 aliphatic carbocycles. The third-order valence-electron chi connectivity index (χ3n) is 2.91. The van der Waals surface area contributed by atoms with E-state index < -0.39 is 11.7 Å². The molecule has 2 aromatic rings. The number of benzene rings is 2. The van der Waals surface area contributed by atoms with Gasteiger partial charge in [-0.05, 0) is 36.4 Å². The summed E-state index contributed by atoms with van der Waals surface area (Å²) in [5, 5.41) is 5.90. The molecule has 3 nitrogen and oxygen atoms in total. The second-order valence-corrected chi connectivity index (χ2v) is 4.41. The van der Waals surface area contributed by atoms with E-state index in [1.807, 2.05) is 31.2 Å². The lowest BCUT2D eigenvalue weighted by Crippen LogP contribution is -2.14. The third-order valence-corrected chi connectivity index (χ3v) is 2.91. The van der Waals surface area contributed by atoms with Crippen LogP contribution in [0.3, 0.4) is 0 Å². The molecule has 0 radical (unpaired) electrons. The van der Waals surface area contributed by atoms with Crippen molar-refractivity contribution in [1.82, 2.24) is 5.32 Å². The largest absolute Gasteiger partial charge is 0.322 e. The lowest BCUT2D eigenvalue weighted by atomic mass is 10.1. The van der Waals surface area contributed by atoms with Crippen molar-refractivity contribution in [3.63, 3.8) is 0 Å². The zero-order valence-corrected chi connectivity index (χ0v) is 11.3. The van der Waals surface area contributed by atoms with E-state index in [0.717, 1.165) is 18.7 Å². The van der Waals surface area contributed by atoms with Crippen molar-refractivity contribution < 1.29 is 9.18 Å². The van der Waals surface area contributed by atoms with Gasteiger partial charge in [-0.25, -0.2) is 4.39 Å². The predicted molar refractivity (Wildman–Crippen MR) is 78.2 cm³/mol. The van der Waals surface area contributed by atoms with E-state index in [9.17, 15) is 9.18 Å². The van der Waals surface area contributed by atoms with Crippen molar-refractivity contribution in [2.75, 3.05) is 11.9 Å². The first-order chi connectivity index (χ1) is 9.70. The topological polar surface area (TPSA) is 41.1 Å². The molecule has 2 rings (SSSR count). The molecule has 104 valence electrons. The number of hydrogen-bond acceptors (Lipinski definition) is 2. The van der Waals surface area contributed by atoms with E-state index in [4.69, 9.17) is 0 Å². The smallest absolute Gasteiger partial charge is 0.258 e. The van der Waals surface area contributed by atoms with Gasteiger partial charge in [-0.2, -0.15) is 0 Å². The van der Waals surface area contributed by atoms with Crippen LogP contribution in [0.5, 0.6) is 0 Å². The number of anilines is 1. The first kappa shape index (κ1) is 14.2. The second-order valence-electron chi connectivity index (χ2n) is 4.41. The maximum Gasteiger partial charge on any atom is 0.258 e. The number of carbonyl (C=O) groups is 1. The van der Waals surface area contributed by atoms with Crippen molar-refractivity contribution in [2.45, 2.75) is 13.5 Å². The fraction of sp³-hybridized carbons (Fsp3) is 0.188. The van der Waals surface area contributed by atoms with Gasteiger partial charge >= 0.3 is 0 Å². The molecular formula is C16H17FN2O. The van der Waals surface area contributed by atoms with Gasteiger partial charge in [-0.15, -0.1) is 0 Å². The highest BCUT2D eigenvalue weighted by Gasteiger charge is 2.10. The summed E-state index contributed by atoms with van der Waals surface area (Å²) in [4.78, 5) is 11.9. The molecule has 2 aromatic carbocycles. The molecule has 0 saturated carbocycles. The van der Waals surface area contributed by atoms with Crippen LogP contribution in [0.1, 0.15) is 22.8 Å². The zero-order chi connectivity index (χ0) is 14.4. The summed E-state index contributed by atoms with van der Waals surface area (Å²) in [5.41, 5.74) is 1.83. The van der Waals surface area contributed by atoms with E-state index in [-0.39, 0.29) is 5.56 Å². The van der Waals surface area contributed by atoms with Crippen molar-refractivity contribution in [2.24, 2.45) is 0 Å². The predicted octanol–water partition coefficient (Wildman–Crippen LogP) is 3.19. The molecule has 0 aromatic heterocycles. The second kappa shape index (κ2) is 6.82. The summed E-state index contributed by atoms with van der Waals surface area (Å²) >= 11 is 0. The molecule has 0 unspecified atom stereocenters. The Bertz CT molecular complexity index is 581. The monoisotopic (exact) mass is 272 g/mol. The summed E-state index contributed by atoms with van der Waals surface area (Å²) < 4.78 is 13.5. The highest BCUT2D eigenvalue weighted by molar-refractivity contribution is 6.04. The van der Waals surface area contributed by atoms with Crippen LogP contribution in [-0.4, -0.2) is 12.5 Å². The molecule has 0 atom stereocenters. The Morgan fingerprint density at radius 3 is 2.45 bits per heavy atom. The first-order valence-electron chi connectivity index (χ1n) is 6.56. The maximum atomic E-state index is 13.5. The Labute approximate surface area is 117 Å². The fourth-order valence-electron chi connectivity index (χ4n) is 1.82. The first-order valence-corrected chi connectivity index (χ1v) is 6.56. The molecule has 0 spiro atoms. The van der Waals surface area contributed by atoms with Crippen LogP contribution in [0.25, 0.3) is 0 Å². The number of halogens is 1. The Kier molecular flexibility index (Phi) is 4.85. The van der Waals surface area contributed by atoms with Crippen LogP contribution in [0.2, 0.25) is 0 Å². The van der Waals surface area contributed by atoms with Crippen molar-refractivity contribution in [3.8, 4) is 0 Å². The Hall–Kier alpha value is -2.20. The SMILES string of the molecule is CCNCc1ccc(NC(=O)c2ccccc2F)cc1. The molecule has 20 heavy (non-hydrogen) atoms. The number of carbonyl (C=O) groups excluding carboxylic acids is 1. The molecule has 0 aliphatic rings. The van der Waals surface area contributed by atoms with Crippen LogP contribution >= 0.6 is 0 Å². The average molecular weight is 272 g/mol. The molecule has 1 amide bonds. The lowest BCUT2D eigenvalue weighted by Gasteiger charge is -2.07. The highest BCUT2D eigenvalue weighted by atomic mass is 19.1. The molecule has 4 heteroatoms. The molecule has 0 saturated heterocycles. The maximum absolute atomic E-state index is 13.5. The summed E-state index contributed by atoms with van der Waals surface area (Å²) in [5.74, 6) is -0.962. The van der Waals surface area contributed by atoms with Gasteiger partial charge in [0.15, 0.2) is 0 Å². The van der Waals surface area contributed by atoms with Crippen LogP contribution in [0.4, 0.5) is 10.1 Å². The Balaban J connectivity index is 2.03. The van der Waals surface area contributed by atoms with Gasteiger partial charge in [-0.1, -0.05) is 31.2 Å². The molecule has 2 N–H and O–H groups in total. The van der Waals surface area contributed by atoms with E-state index >= 15 is 0 Å². The summed E-state index contributed by atoms with van der Waals surface area (Å²) in [6.45, 7) is 3.74. The minimum atomic E-state index is -0.520. The number of amides is 1. The molecule has 0 bridgehead atoms. The number of hydrogen-bond donors (Lipinski definition) is 2. The summed E-state index contributed by atoms with van der Waals surface area (Å²) in [7, 11) is 0. The summed E-state index contributed by atoms with van der Waals surface area (Å²) in [6.07, 6.45) is 0. The van der Waals surface area contributed by atoms with Gasteiger partial charge in [0, 0.05) is 12.2 Å². The van der Waals surface area contributed by atoms with Gasteiger partial charge < -0.3 is 10.6 Å². The Morgan fingerprint density at radius 1 is 1.10 bits per heavy atom. The van der Waals surface area contributed by atoms with Crippen LogP contribution in [0, 0.1) is 5.82 Å². The van der Waals surface area contributed by atoms with E-state index in [0.29, 0.717) is 5.69 Å². The quantitative estimate of drug-likeness (QED) is 0.877. The summed E-state index contributed by atoms with van der Waals surface area (Å²) in [6, 6.07) is 13.4. The van der Waals surface area contributed by atoms with Crippen LogP contribution in [0.15, 0.2) is 48.5 Å².